The highest BCUT2D eigenvalue weighted by Gasteiger charge is 2.22. The molecule has 1 heterocycles. The molecule has 0 amide bonds. The van der Waals surface area contributed by atoms with Gasteiger partial charge in [-0.2, -0.15) is 9.82 Å². The van der Waals surface area contributed by atoms with Gasteiger partial charge in [0.25, 0.3) is 0 Å². The molecule has 1 atom stereocenters. The molecule has 0 aliphatic heterocycles. The van der Waals surface area contributed by atoms with Gasteiger partial charge in [-0.15, -0.1) is 0 Å². The standard InChI is InChI=1S/C8H13N3O4S/c1-3-11-5-7(4-9-11)16(14,15)10-6(2)8(12)13/h4-6,10H,3H2,1-2H3,(H,12,13). The van der Waals surface area contributed by atoms with E-state index in [2.05, 4.69) is 5.10 Å². The number of nitrogens with zero attached hydrogens (tertiary/aromatic N) is 2. The van der Waals surface area contributed by atoms with Crippen LogP contribution in [0.3, 0.4) is 0 Å². The number of nitrogens with one attached hydrogen (secondary N) is 1. The smallest absolute Gasteiger partial charge is 0.321 e. The normalized spacial score (nSPS) is 13.6. The molecule has 0 aliphatic carbocycles. The van der Waals surface area contributed by atoms with Gasteiger partial charge in [0.1, 0.15) is 10.9 Å². The highest BCUT2D eigenvalue weighted by atomic mass is 32.2. The first kappa shape index (κ1) is 12.7. The summed E-state index contributed by atoms with van der Waals surface area (Å²) >= 11 is 0. The minimum atomic E-state index is -3.81. The third-order valence-corrected chi connectivity index (χ3v) is 3.44. The van der Waals surface area contributed by atoms with Crippen molar-refractivity contribution in [3.8, 4) is 0 Å². The summed E-state index contributed by atoms with van der Waals surface area (Å²) in [7, 11) is -3.81. The highest BCUT2D eigenvalue weighted by molar-refractivity contribution is 7.89. The van der Waals surface area contributed by atoms with E-state index < -0.39 is 22.0 Å². The lowest BCUT2D eigenvalue weighted by Gasteiger charge is -2.07. The Balaban J connectivity index is 2.90. The second-order valence-corrected chi connectivity index (χ2v) is 4.93. The van der Waals surface area contributed by atoms with Gasteiger partial charge in [0.05, 0.1) is 6.20 Å². The van der Waals surface area contributed by atoms with Gasteiger partial charge in [-0.3, -0.25) is 9.48 Å². The van der Waals surface area contributed by atoms with Crippen LogP contribution in [0, 0.1) is 0 Å². The number of hydrogen-bond donors (Lipinski definition) is 2. The molecule has 0 saturated carbocycles. The van der Waals surface area contributed by atoms with E-state index in [0.717, 1.165) is 0 Å². The lowest BCUT2D eigenvalue weighted by Crippen LogP contribution is -2.38. The average molecular weight is 247 g/mol. The molecule has 7 nitrogen and oxygen atoms in total. The molecule has 8 heteroatoms. The predicted octanol–water partition coefficient (Wildman–Crippen LogP) is -0.346. The van der Waals surface area contributed by atoms with Gasteiger partial charge in [0, 0.05) is 12.7 Å². The molecular formula is C8H13N3O4S. The Morgan fingerprint density at radius 3 is 2.75 bits per heavy atom. The Hall–Kier alpha value is -1.41. The molecule has 1 aromatic heterocycles. The summed E-state index contributed by atoms with van der Waals surface area (Å²) < 4.78 is 26.8. The number of carboxylic acids is 1. The second kappa shape index (κ2) is 4.62. The minimum Gasteiger partial charge on any atom is -0.480 e. The van der Waals surface area contributed by atoms with E-state index in [1.807, 2.05) is 11.6 Å². The van der Waals surface area contributed by atoms with Gasteiger partial charge in [-0.1, -0.05) is 0 Å². The molecule has 16 heavy (non-hydrogen) atoms. The summed E-state index contributed by atoms with van der Waals surface area (Å²) in [4.78, 5) is 10.5. The number of hydrogen-bond acceptors (Lipinski definition) is 4. The van der Waals surface area contributed by atoms with E-state index >= 15 is 0 Å². The van der Waals surface area contributed by atoms with Gasteiger partial charge >= 0.3 is 5.97 Å². The number of carboxylic acid groups (broad SMARTS) is 1. The summed E-state index contributed by atoms with van der Waals surface area (Å²) in [6, 6.07) is -1.17. The summed E-state index contributed by atoms with van der Waals surface area (Å²) in [5.74, 6) is -1.23. The molecule has 0 bridgehead atoms. The summed E-state index contributed by atoms with van der Waals surface area (Å²) in [5.41, 5.74) is 0. The molecule has 1 unspecified atom stereocenters. The Morgan fingerprint density at radius 1 is 1.69 bits per heavy atom. The van der Waals surface area contributed by atoms with E-state index in [1.54, 1.807) is 0 Å². The molecule has 0 fully saturated rings. The van der Waals surface area contributed by atoms with Crippen molar-refractivity contribution in [2.45, 2.75) is 31.3 Å². The zero-order chi connectivity index (χ0) is 12.3. The van der Waals surface area contributed by atoms with Crippen molar-refractivity contribution in [2.24, 2.45) is 0 Å². The molecule has 0 aliphatic rings. The molecular weight excluding hydrogens is 234 g/mol. The van der Waals surface area contributed by atoms with Gasteiger partial charge < -0.3 is 5.11 Å². The van der Waals surface area contributed by atoms with Gasteiger partial charge in [-0.05, 0) is 13.8 Å². The third-order valence-electron chi connectivity index (χ3n) is 1.95. The fraction of sp³-hybridized carbons (Fsp3) is 0.500. The monoisotopic (exact) mass is 247 g/mol. The number of sulfonamides is 1. The van der Waals surface area contributed by atoms with Crippen LogP contribution in [0.1, 0.15) is 13.8 Å². The van der Waals surface area contributed by atoms with Gasteiger partial charge in [0.2, 0.25) is 10.0 Å². The first-order valence-corrected chi connectivity index (χ1v) is 6.12. The summed E-state index contributed by atoms with van der Waals surface area (Å²) in [6.45, 7) is 3.62. The Labute approximate surface area is 93.1 Å². The van der Waals surface area contributed by atoms with Crippen molar-refractivity contribution in [1.82, 2.24) is 14.5 Å². The maximum absolute atomic E-state index is 11.6. The lowest BCUT2D eigenvalue weighted by atomic mass is 10.4. The predicted molar refractivity (Wildman–Crippen MR) is 55.3 cm³/mol. The van der Waals surface area contributed by atoms with Crippen LogP contribution in [0.4, 0.5) is 0 Å². The third kappa shape index (κ3) is 2.80. The highest BCUT2D eigenvalue weighted by Crippen LogP contribution is 2.07. The van der Waals surface area contributed by atoms with Crippen LogP contribution in [0.5, 0.6) is 0 Å². The largest absolute Gasteiger partial charge is 0.480 e. The van der Waals surface area contributed by atoms with Crippen LogP contribution in [0.25, 0.3) is 0 Å². The Bertz CT molecular complexity index is 479. The van der Waals surface area contributed by atoms with Gasteiger partial charge in [0.15, 0.2) is 0 Å². The Kier molecular flexibility index (Phi) is 3.66. The molecule has 0 saturated heterocycles. The lowest BCUT2D eigenvalue weighted by molar-refractivity contribution is -0.138. The zero-order valence-electron chi connectivity index (χ0n) is 8.91. The Morgan fingerprint density at radius 2 is 2.31 bits per heavy atom. The van der Waals surface area contributed by atoms with Crippen LogP contribution in [0.2, 0.25) is 0 Å². The maximum atomic E-state index is 11.6. The van der Waals surface area contributed by atoms with E-state index in [9.17, 15) is 13.2 Å². The van der Waals surface area contributed by atoms with E-state index in [1.165, 1.54) is 24.0 Å². The molecule has 0 radical (unpaired) electrons. The van der Waals surface area contributed by atoms with Crippen molar-refractivity contribution in [3.05, 3.63) is 12.4 Å². The molecule has 0 aromatic carbocycles. The molecule has 0 spiro atoms. The van der Waals surface area contributed by atoms with E-state index in [0.29, 0.717) is 6.54 Å². The van der Waals surface area contributed by atoms with Gasteiger partial charge in [-0.25, -0.2) is 8.42 Å². The average Bonchev–Trinajstić information content (AvgIpc) is 2.65. The summed E-state index contributed by atoms with van der Waals surface area (Å²) in [5, 5.41) is 12.4. The van der Waals surface area contributed by atoms with Crippen LogP contribution < -0.4 is 4.72 Å². The summed E-state index contributed by atoms with van der Waals surface area (Å²) in [6.07, 6.45) is 2.53. The number of aliphatic carboxylic acids is 1. The second-order valence-electron chi connectivity index (χ2n) is 3.21. The topological polar surface area (TPSA) is 101 Å². The quantitative estimate of drug-likeness (QED) is 0.740. The molecule has 90 valence electrons. The van der Waals surface area contributed by atoms with Crippen molar-refractivity contribution >= 4 is 16.0 Å². The fourth-order valence-electron chi connectivity index (χ4n) is 1.01. The number of carbonyl (C=O) groups is 1. The minimum absolute atomic E-state index is 0.0394. The zero-order valence-corrected chi connectivity index (χ0v) is 9.73. The van der Waals surface area contributed by atoms with Crippen LogP contribution >= 0.6 is 0 Å². The maximum Gasteiger partial charge on any atom is 0.321 e. The van der Waals surface area contributed by atoms with Crippen molar-refractivity contribution in [3.63, 3.8) is 0 Å². The van der Waals surface area contributed by atoms with Crippen molar-refractivity contribution in [1.29, 1.82) is 0 Å². The first-order valence-electron chi connectivity index (χ1n) is 4.64. The van der Waals surface area contributed by atoms with E-state index in [-0.39, 0.29) is 4.90 Å². The molecule has 2 N–H and O–H groups in total. The first-order chi connectivity index (χ1) is 7.36. The number of aryl methyl sites for hydroxylation is 1. The fourth-order valence-corrected chi connectivity index (χ4v) is 2.16. The number of aromatic nitrogens is 2. The molecule has 1 rings (SSSR count). The van der Waals surface area contributed by atoms with Crippen LogP contribution in [-0.2, 0) is 21.4 Å². The van der Waals surface area contributed by atoms with Crippen LogP contribution in [0.15, 0.2) is 17.3 Å². The SMILES string of the molecule is CCn1cc(S(=O)(=O)NC(C)C(=O)O)cn1. The van der Waals surface area contributed by atoms with Crippen molar-refractivity contribution in [2.75, 3.05) is 0 Å². The number of rotatable bonds is 5. The van der Waals surface area contributed by atoms with E-state index in [4.69, 9.17) is 5.11 Å². The molecule has 1 aromatic rings. The van der Waals surface area contributed by atoms with Crippen LogP contribution in [-0.4, -0.2) is 35.3 Å². The van der Waals surface area contributed by atoms with Crippen molar-refractivity contribution < 1.29 is 18.3 Å².